The van der Waals surface area contributed by atoms with Crippen LogP contribution < -0.4 is 21.3 Å². The maximum absolute atomic E-state index is 12.2. The van der Waals surface area contributed by atoms with E-state index in [0.29, 0.717) is 11.3 Å². The number of carbonyl (C=O) groups is 4. The Hall–Kier alpha value is -3.83. The van der Waals surface area contributed by atoms with Crippen molar-refractivity contribution in [1.29, 1.82) is 0 Å². The molecule has 4 N–H and O–H groups in total. The third-order valence-electron chi connectivity index (χ3n) is 3.66. The van der Waals surface area contributed by atoms with E-state index in [0.717, 1.165) is 0 Å². The Morgan fingerprint density at radius 2 is 1.24 bits per heavy atom. The van der Waals surface area contributed by atoms with Gasteiger partial charge in [-0.3, -0.25) is 15.4 Å². The number of amides is 4. The van der Waals surface area contributed by atoms with Crippen LogP contribution in [0.5, 0.6) is 0 Å². The highest BCUT2D eigenvalue weighted by atomic mass is 16.6. The van der Waals surface area contributed by atoms with E-state index in [4.69, 9.17) is 14.2 Å². The number of anilines is 1. The van der Waals surface area contributed by atoms with Gasteiger partial charge in [-0.1, -0.05) is 12.1 Å². The largest absolute Gasteiger partial charge is 0.444 e. The van der Waals surface area contributed by atoms with Gasteiger partial charge in [-0.2, -0.15) is 0 Å². The van der Waals surface area contributed by atoms with Crippen LogP contribution in [-0.4, -0.2) is 53.5 Å². The maximum Gasteiger partial charge on any atom is 0.414 e. The summed E-state index contributed by atoms with van der Waals surface area (Å²) in [4.78, 5) is 52.6. The van der Waals surface area contributed by atoms with Gasteiger partial charge < -0.3 is 24.8 Å². The lowest BCUT2D eigenvalue weighted by Crippen LogP contribution is -2.47. The third kappa shape index (κ3) is 15.7. The van der Waals surface area contributed by atoms with Gasteiger partial charge in [0.05, 0.1) is 6.54 Å². The molecule has 0 radical (unpaired) electrons. The van der Waals surface area contributed by atoms with Crippen molar-refractivity contribution in [3.8, 4) is 0 Å². The Morgan fingerprint density at radius 3 is 1.73 bits per heavy atom. The molecule has 1 aromatic rings. The summed E-state index contributed by atoms with van der Waals surface area (Å²) in [7, 11) is 0. The van der Waals surface area contributed by atoms with Crippen molar-refractivity contribution >= 4 is 35.8 Å². The standard InChI is InChI=1S/C25H39N5O7/c1-23(2,3)35-20(32)27-15-18(31)28-17-12-10-11-16(13-17)14-26-19(29-21(33)36-24(4,5)6)30-22(34)37-25(7,8)9/h10-13H,14-15H2,1-9H3,(H,27,32)(H,28,31)(H2,26,29,30,33,34). The molecule has 0 aliphatic rings. The summed E-state index contributed by atoms with van der Waals surface area (Å²) in [5.74, 6) is -0.620. The average molecular weight is 522 g/mol. The quantitative estimate of drug-likeness (QED) is 0.259. The first-order valence-electron chi connectivity index (χ1n) is 11.7. The molecule has 0 fully saturated rings. The van der Waals surface area contributed by atoms with Crippen molar-refractivity contribution in [3.63, 3.8) is 0 Å². The van der Waals surface area contributed by atoms with Crippen LogP contribution in [-0.2, 0) is 25.5 Å². The number of benzene rings is 1. The molecule has 12 nitrogen and oxygen atoms in total. The molecule has 4 amide bonds. The Kier molecular flexibility index (Phi) is 10.9. The highest BCUT2D eigenvalue weighted by molar-refractivity contribution is 6.01. The lowest BCUT2D eigenvalue weighted by molar-refractivity contribution is -0.115. The predicted octanol–water partition coefficient (Wildman–Crippen LogP) is 4.06. The minimum Gasteiger partial charge on any atom is -0.444 e. The first-order chi connectivity index (χ1) is 16.8. The zero-order valence-corrected chi connectivity index (χ0v) is 23.0. The smallest absolute Gasteiger partial charge is 0.414 e. The molecule has 0 aliphatic carbocycles. The molecule has 1 rings (SSSR count). The van der Waals surface area contributed by atoms with Gasteiger partial charge in [0, 0.05) is 5.69 Å². The van der Waals surface area contributed by atoms with Crippen molar-refractivity contribution in [3.05, 3.63) is 29.8 Å². The molecule has 0 aromatic heterocycles. The van der Waals surface area contributed by atoms with E-state index < -0.39 is 41.0 Å². The number of hydrogen-bond acceptors (Lipinski definition) is 8. The summed E-state index contributed by atoms with van der Waals surface area (Å²) < 4.78 is 15.5. The molecule has 37 heavy (non-hydrogen) atoms. The van der Waals surface area contributed by atoms with Crippen molar-refractivity contribution in [1.82, 2.24) is 16.0 Å². The molecular weight excluding hydrogens is 482 g/mol. The second-order valence-electron chi connectivity index (χ2n) is 11.0. The number of ether oxygens (including phenoxy) is 3. The van der Waals surface area contributed by atoms with Gasteiger partial charge >= 0.3 is 18.3 Å². The second kappa shape index (κ2) is 12.9. The van der Waals surface area contributed by atoms with Gasteiger partial charge in [0.2, 0.25) is 11.9 Å². The molecule has 0 bridgehead atoms. The number of carbonyl (C=O) groups excluding carboxylic acids is 4. The van der Waals surface area contributed by atoms with E-state index in [1.807, 2.05) is 0 Å². The first-order valence-corrected chi connectivity index (χ1v) is 11.7. The predicted molar refractivity (Wildman–Crippen MR) is 139 cm³/mol. The monoisotopic (exact) mass is 521 g/mol. The molecule has 206 valence electrons. The molecule has 0 atom stereocenters. The number of hydrogen-bond donors (Lipinski definition) is 4. The molecule has 1 aromatic carbocycles. The summed E-state index contributed by atoms with van der Waals surface area (Å²) >= 11 is 0. The summed E-state index contributed by atoms with van der Waals surface area (Å²) in [6.07, 6.45) is -2.31. The lowest BCUT2D eigenvalue weighted by atomic mass is 10.2. The molecule has 0 heterocycles. The number of nitrogens with zero attached hydrogens (tertiary/aromatic N) is 1. The Labute approximate surface area is 217 Å². The third-order valence-corrected chi connectivity index (χ3v) is 3.66. The summed E-state index contributed by atoms with van der Waals surface area (Å²) in [5, 5.41) is 9.86. The molecule has 0 saturated carbocycles. The number of aliphatic imine (C=N–C) groups is 1. The Bertz CT molecular complexity index is 970. The van der Waals surface area contributed by atoms with Gasteiger partial charge in [0.15, 0.2) is 0 Å². The van der Waals surface area contributed by atoms with Gasteiger partial charge in [0.25, 0.3) is 0 Å². The van der Waals surface area contributed by atoms with Crippen molar-refractivity contribution < 1.29 is 33.4 Å². The van der Waals surface area contributed by atoms with Crippen molar-refractivity contribution in [2.45, 2.75) is 85.7 Å². The molecule has 12 heteroatoms. The minimum absolute atomic E-state index is 0.0425. The van der Waals surface area contributed by atoms with Crippen LogP contribution in [0, 0.1) is 0 Å². The summed E-state index contributed by atoms with van der Waals surface area (Å²) in [6, 6.07) is 6.77. The fourth-order valence-electron chi connectivity index (χ4n) is 2.50. The van der Waals surface area contributed by atoms with E-state index in [1.165, 1.54) is 0 Å². The van der Waals surface area contributed by atoms with Crippen molar-refractivity contribution in [2.24, 2.45) is 4.99 Å². The lowest BCUT2D eigenvalue weighted by Gasteiger charge is -2.22. The van der Waals surface area contributed by atoms with Crippen LogP contribution in [0.3, 0.4) is 0 Å². The van der Waals surface area contributed by atoms with Crippen LogP contribution in [0.2, 0.25) is 0 Å². The van der Waals surface area contributed by atoms with Crippen LogP contribution in [0.25, 0.3) is 0 Å². The van der Waals surface area contributed by atoms with Gasteiger partial charge in [-0.05, 0) is 80.0 Å². The second-order valence-corrected chi connectivity index (χ2v) is 11.0. The molecule has 0 unspecified atom stereocenters. The summed E-state index contributed by atoms with van der Waals surface area (Å²) in [6.45, 7) is 15.1. The molecular formula is C25H39N5O7. The number of guanidine groups is 1. The normalized spacial score (nSPS) is 11.5. The zero-order valence-electron chi connectivity index (χ0n) is 23.0. The Balaban J connectivity index is 2.87. The SMILES string of the molecule is CC(C)(C)OC(=O)NCC(=O)Nc1cccc(CN=C(NC(=O)OC(C)(C)C)NC(=O)OC(C)(C)C)c1. The zero-order chi connectivity index (χ0) is 28.4. The molecule has 0 spiro atoms. The average Bonchev–Trinajstić information content (AvgIpc) is 2.66. The fraction of sp³-hybridized carbons (Fsp3) is 0.560. The topological polar surface area (TPSA) is 156 Å². The van der Waals surface area contributed by atoms with Crippen LogP contribution in [0.4, 0.5) is 20.1 Å². The van der Waals surface area contributed by atoms with Gasteiger partial charge in [-0.15, -0.1) is 0 Å². The van der Waals surface area contributed by atoms with Gasteiger partial charge in [-0.25, -0.2) is 19.4 Å². The van der Waals surface area contributed by atoms with Crippen LogP contribution in [0.1, 0.15) is 67.9 Å². The number of nitrogens with one attached hydrogen (secondary N) is 4. The first kappa shape index (κ1) is 31.2. The summed E-state index contributed by atoms with van der Waals surface area (Å²) in [5.41, 5.74) is -1.07. The Morgan fingerprint density at radius 1 is 0.757 bits per heavy atom. The van der Waals surface area contributed by atoms with Crippen LogP contribution >= 0.6 is 0 Å². The van der Waals surface area contributed by atoms with E-state index in [-0.39, 0.29) is 19.0 Å². The minimum atomic E-state index is -0.805. The molecule has 0 saturated heterocycles. The molecule has 0 aliphatic heterocycles. The van der Waals surface area contributed by atoms with Crippen LogP contribution in [0.15, 0.2) is 29.3 Å². The number of rotatable bonds is 5. The highest BCUT2D eigenvalue weighted by Crippen LogP contribution is 2.12. The van der Waals surface area contributed by atoms with E-state index in [9.17, 15) is 19.2 Å². The maximum atomic E-state index is 12.2. The number of alkyl carbamates (subject to hydrolysis) is 3. The van der Waals surface area contributed by atoms with E-state index >= 15 is 0 Å². The van der Waals surface area contributed by atoms with Crippen molar-refractivity contribution in [2.75, 3.05) is 11.9 Å². The highest BCUT2D eigenvalue weighted by Gasteiger charge is 2.21. The van der Waals surface area contributed by atoms with Gasteiger partial charge in [0.1, 0.15) is 23.3 Å². The fourth-order valence-corrected chi connectivity index (χ4v) is 2.50. The van der Waals surface area contributed by atoms with E-state index in [2.05, 4.69) is 26.3 Å². The van der Waals surface area contributed by atoms with E-state index in [1.54, 1.807) is 86.6 Å².